The molecule has 3 atom stereocenters. The molecule has 1 aliphatic carbocycles. The van der Waals surface area contributed by atoms with Crippen LogP contribution in [0.2, 0.25) is 0 Å². The van der Waals surface area contributed by atoms with E-state index in [9.17, 15) is 0 Å². The van der Waals surface area contributed by atoms with Crippen molar-refractivity contribution in [1.29, 1.82) is 0 Å². The molecule has 0 amide bonds. The van der Waals surface area contributed by atoms with Crippen LogP contribution in [0.3, 0.4) is 0 Å². The number of nitrogens with one attached hydrogen (secondary N) is 1. The molecule has 0 spiro atoms. The average molecular weight is 286 g/mol. The lowest BCUT2D eigenvalue weighted by atomic mass is 9.98. The number of hydrogen-bond acceptors (Lipinski definition) is 3. The van der Waals surface area contributed by atoms with Crippen molar-refractivity contribution in [3.05, 3.63) is 30.2 Å². The van der Waals surface area contributed by atoms with Crippen molar-refractivity contribution in [3.8, 4) is 0 Å². The highest BCUT2D eigenvalue weighted by atomic mass is 15.3. The van der Waals surface area contributed by atoms with E-state index in [-0.39, 0.29) is 6.04 Å². The fourth-order valence-corrected chi connectivity index (χ4v) is 3.54. The highest BCUT2D eigenvalue weighted by Gasteiger charge is 2.21. The molecule has 3 unspecified atom stereocenters. The van der Waals surface area contributed by atoms with Gasteiger partial charge in [-0.05, 0) is 44.2 Å². The van der Waals surface area contributed by atoms with Crippen LogP contribution in [-0.2, 0) is 0 Å². The molecule has 4 heteroatoms. The summed E-state index contributed by atoms with van der Waals surface area (Å²) in [7, 11) is 0. The van der Waals surface area contributed by atoms with Crippen LogP contribution >= 0.6 is 0 Å². The molecule has 4 nitrogen and oxygen atoms in total. The first kappa shape index (κ1) is 14.5. The van der Waals surface area contributed by atoms with Crippen molar-refractivity contribution in [3.63, 3.8) is 0 Å². The average Bonchev–Trinajstić information content (AvgIpc) is 2.81. The van der Waals surface area contributed by atoms with E-state index < -0.39 is 0 Å². The van der Waals surface area contributed by atoms with Gasteiger partial charge in [0.25, 0.3) is 0 Å². The van der Waals surface area contributed by atoms with E-state index in [2.05, 4.69) is 33.8 Å². The van der Waals surface area contributed by atoms with E-state index in [1.165, 1.54) is 38.5 Å². The quantitative estimate of drug-likeness (QED) is 0.871. The fraction of sp³-hybridized carbons (Fsp3) is 0.647. The Bertz CT molecular complexity index is 577. The molecule has 2 aromatic heterocycles. The fourth-order valence-electron chi connectivity index (χ4n) is 3.54. The Morgan fingerprint density at radius 1 is 1.24 bits per heavy atom. The zero-order chi connectivity index (χ0) is 14.7. The van der Waals surface area contributed by atoms with E-state index >= 15 is 0 Å². The Balaban J connectivity index is 1.67. The van der Waals surface area contributed by atoms with Gasteiger partial charge in [0.05, 0.1) is 6.04 Å². The normalized spacial score (nSPS) is 24.9. The largest absolute Gasteiger partial charge is 0.305 e. The summed E-state index contributed by atoms with van der Waals surface area (Å²) in [6, 6.07) is 6.89. The maximum atomic E-state index is 4.37. The van der Waals surface area contributed by atoms with Gasteiger partial charge in [-0.1, -0.05) is 32.3 Å². The first-order valence-electron chi connectivity index (χ1n) is 8.33. The summed E-state index contributed by atoms with van der Waals surface area (Å²) >= 11 is 0. The van der Waals surface area contributed by atoms with E-state index in [0.29, 0.717) is 6.04 Å². The summed E-state index contributed by atoms with van der Waals surface area (Å²) in [6.07, 6.45) is 10.1. The second-order valence-corrected chi connectivity index (χ2v) is 6.35. The first-order chi connectivity index (χ1) is 10.3. The lowest BCUT2D eigenvalue weighted by Crippen LogP contribution is -2.32. The first-order valence-corrected chi connectivity index (χ1v) is 8.33. The van der Waals surface area contributed by atoms with Gasteiger partial charge in [0.2, 0.25) is 0 Å². The Labute approximate surface area is 127 Å². The Morgan fingerprint density at radius 3 is 3.00 bits per heavy atom. The standard InChI is InChI=1S/C17H26N4/c1-3-14-7-6-8-15(11-10-14)18-13(2)17-20-19-16-9-4-5-12-21(16)17/h4-5,9,12-15,18H,3,6-8,10-11H2,1-2H3. The van der Waals surface area contributed by atoms with Crippen LogP contribution in [0.5, 0.6) is 0 Å². The van der Waals surface area contributed by atoms with Crippen LogP contribution in [0.25, 0.3) is 5.65 Å². The Kier molecular flexibility index (Phi) is 4.54. The third-order valence-electron chi connectivity index (χ3n) is 4.88. The van der Waals surface area contributed by atoms with E-state index in [1.807, 2.05) is 24.4 Å². The van der Waals surface area contributed by atoms with Gasteiger partial charge in [-0.25, -0.2) is 0 Å². The molecule has 2 heterocycles. The number of hydrogen-bond donors (Lipinski definition) is 1. The Hall–Kier alpha value is -1.42. The van der Waals surface area contributed by atoms with Gasteiger partial charge in [0.1, 0.15) is 0 Å². The smallest absolute Gasteiger partial charge is 0.160 e. The van der Waals surface area contributed by atoms with Crippen molar-refractivity contribution in [2.24, 2.45) is 5.92 Å². The monoisotopic (exact) mass is 286 g/mol. The number of nitrogens with zero attached hydrogens (tertiary/aromatic N) is 3. The molecule has 0 bridgehead atoms. The SMILES string of the molecule is CCC1CCCC(NC(C)c2nnc3ccccn23)CC1. The van der Waals surface area contributed by atoms with Gasteiger partial charge in [0, 0.05) is 12.2 Å². The van der Waals surface area contributed by atoms with Gasteiger partial charge in [-0.15, -0.1) is 10.2 Å². The highest BCUT2D eigenvalue weighted by molar-refractivity contribution is 5.37. The number of fused-ring (bicyclic) bond motifs is 1. The van der Waals surface area contributed by atoms with Crippen LogP contribution in [0, 0.1) is 5.92 Å². The maximum Gasteiger partial charge on any atom is 0.160 e. The summed E-state index contributed by atoms with van der Waals surface area (Å²) in [5.74, 6) is 1.95. The number of aromatic nitrogens is 3. The highest BCUT2D eigenvalue weighted by Crippen LogP contribution is 2.26. The van der Waals surface area contributed by atoms with Gasteiger partial charge in [-0.3, -0.25) is 4.40 Å². The van der Waals surface area contributed by atoms with Gasteiger partial charge >= 0.3 is 0 Å². The van der Waals surface area contributed by atoms with E-state index in [4.69, 9.17) is 0 Å². The molecule has 0 aromatic carbocycles. The van der Waals surface area contributed by atoms with Crippen molar-refractivity contribution in [1.82, 2.24) is 19.9 Å². The molecule has 0 saturated heterocycles. The minimum atomic E-state index is 0.241. The summed E-state index contributed by atoms with van der Waals surface area (Å²) < 4.78 is 2.09. The minimum absolute atomic E-state index is 0.241. The van der Waals surface area contributed by atoms with Crippen LogP contribution in [0.1, 0.15) is 64.2 Å². The summed E-state index contributed by atoms with van der Waals surface area (Å²) in [5.41, 5.74) is 0.924. The molecule has 0 radical (unpaired) electrons. The lowest BCUT2D eigenvalue weighted by molar-refractivity contribution is 0.391. The molecule has 2 aromatic rings. The van der Waals surface area contributed by atoms with E-state index in [0.717, 1.165) is 17.4 Å². The lowest BCUT2D eigenvalue weighted by Gasteiger charge is -2.21. The van der Waals surface area contributed by atoms with Crippen molar-refractivity contribution in [2.75, 3.05) is 0 Å². The summed E-state index contributed by atoms with van der Waals surface area (Å²) in [6.45, 7) is 4.52. The molecule has 114 valence electrons. The molecule has 21 heavy (non-hydrogen) atoms. The van der Waals surface area contributed by atoms with Crippen LogP contribution in [0.4, 0.5) is 0 Å². The van der Waals surface area contributed by atoms with Gasteiger partial charge < -0.3 is 5.32 Å². The third kappa shape index (κ3) is 3.26. The van der Waals surface area contributed by atoms with Gasteiger partial charge in [0.15, 0.2) is 11.5 Å². The molecular weight excluding hydrogens is 260 g/mol. The summed E-state index contributed by atoms with van der Waals surface area (Å²) in [4.78, 5) is 0. The second kappa shape index (κ2) is 6.56. The van der Waals surface area contributed by atoms with E-state index in [1.54, 1.807) is 0 Å². The number of pyridine rings is 1. The molecule has 1 N–H and O–H groups in total. The molecule has 0 aliphatic heterocycles. The van der Waals surface area contributed by atoms with Crippen LogP contribution in [0.15, 0.2) is 24.4 Å². The molecule has 1 aliphatic rings. The topological polar surface area (TPSA) is 42.2 Å². The predicted octanol–water partition coefficient (Wildman–Crippen LogP) is 3.74. The van der Waals surface area contributed by atoms with Crippen molar-refractivity contribution in [2.45, 2.75) is 64.5 Å². The van der Waals surface area contributed by atoms with Gasteiger partial charge in [-0.2, -0.15) is 0 Å². The maximum absolute atomic E-state index is 4.37. The van der Waals surface area contributed by atoms with Crippen molar-refractivity contribution < 1.29 is 0 Å². The van der Waals surface area contributed by atoms with Crippen LogP contribution < -0.4 is 5.32 Å². The number of rotatable bonds is 4. The minimum Gasteiger partial charge on any atom is -0.305 e. The zero-order valence-corrected chi connectivity index (χ0v) is 13.1. The zero-order valence-electron chi connectivity index (χ0n) is 13.1. The summed E-state index contributed by atoms with van der Waals surface area (Å²) in [5, 5.41) is 12.4. The third-order valence-corrected chi connectivity index (χ3v) is 4.88. The molecule has 3 rings (SSSR count). The van der Waals surface area contributed by atoms with Crippen LogP contribution in [-0.4, -0.2) is 20.6 Å². The molecule has 1 fully saturated rings. The molecule has 1 saturated carbocycles. The molecular formula is C17H26N4. The van der Waals surface area contributed by atoms with Crippen molar-refractivity contribution >= 4 is 5.65 Å². The second-order valence-electron chi connectivity index (χ2n) is 6.35. The predicted molar refractivity (Wildman–Crippen MR) is 85.2 cm³/mol. The Morgan fingerprint density at radius 2 is 2.14 bits per heavy atom.